The van der Waals surface area contributed by atoms with Crippen LogP contribution in [0.3, 0.4) is 0 Å². The van der Waals surface area contributed by atoms with Crippen LogP contribution in [0.2, 0.25) is 0 Å². The van der Waals surface area contributed by atoms with Crippen molar-refractivity contribution in [2.75, 3.05) is 73.2 Å². The summed E-state index contributed by atoms with van der Waals surface area (Å²) in [6.45, 7) is 10.4. The molecule has 2 heterocycles. The molecule has 2 aliphatic heterocycles. The van der Waals surface area contributed by atoms with Crippen molar-refractivity contribution >= 4 is 29.9 Å². The predicted molar refractivity (Wildman–Crippen MR) is 118 cm³/mol. The van der Waals surface area contributed by atoms with Gasteiger partial charge in [0.2, 0.25) is 0 Å². The molecule has 0 radical (unpaired) electrons. The van der Waals surface area contributed by atoms with E-state index < -0.39 is 0 Å². The van der Waals surface area contributed by atoms with Gasteiger partial charge in [0.25, 0.3) is 0 Å². The molecule has 2 atom stereocenters. The van der Waals surface area contributed by atoms with Gasteiger partial charge in [0.15, 0.2) is 5.96 Å². The number of halogens is 1. The van der Waals surface area contributed by atoms with Gasteiger partial charge in [-0.05, 0) is 40.3 Å². The lowest BCUT2D eigenvalue weighted by Gasteiger charge is -2.36. The summed E-state index contributed by atoms with van der Waals surface area (Å²) in [4.78, 5) is 9.56. The highest BCUT2D eigenvalue weighted by Crippen LogP contribution is 2.11. The van der Waals surface area contributed by atoms with Gasteiger partial charge in [-0.2, -0.15) is 0 Å². The summed E-state index contributed by atoms with van der Waals surface area (Å²) in [7, 11) is 4.38. The molecule has 0 aromatic rings. The van der Waals surface area contributed by atoms with Crippen molar-refractivity contribution < 1.29 is 9.47 Å². The molecule has 0 aromatic carbocycles. The molecule has 7 nitrogen and oxygen atoms in total. The smallest absolute Gasteiger partial charge is 0.191 e. The fraction of sp³-hybridized carbons (Fsp3) is 0.944. The molecule has 8 heteroatoms. The van der Waals surface area contributed by atoms with Gasteiger partial charge in [0.1, 0.15) is 0 Å². The van der Waals surface area contributed by atoms with Crippen LogP contribution >= 0.6 is 24.0 Å². The second-order valence-corrected chi connectivity index (χ2v) is 7.11. The summed E-state index contributed by atoms with van der Waals surface area (Å²) in [6.07, 6.45) is 3.60. The van der Waals surface area contributed by atoms with E-state index in [2.05, 4.69) is 41.5 Å². The number of likely N-dealkylation sites (N-methyl/N-ethyl adjacent to an activating group) is 2. The van der Waals surface area contributed by atoms with Crippen LogP contribution in [-0.4, -0.2) is 101 Å². The van der Waals surface area contributed by atoms with Crippen molar-refractivity contribution in [3.63, 3.8) is 0 Å². The molecule has 2 unspecified atom stereocenters. The number of rotatable bonds is 9. The average Bonchev–Trinajstić information content (AvgIpc) is 3.11. The lowest BCUT2D eigenvalue weighted by Crippen LogP contribution is -2.51. The summed E-state index contributed by atoms with van der Waals surface area (Å²) in [5, 5.41) is 6.74. The van der Waals surface area contributed by atoms with Crippen LogP contribution in [0, 0.1) is 0 Å². The van der Waals surface area contributed by atoms with Crippen LogP contribution in [0.15, 0.2) is 4.99 Å². The molecule has 0 saturated carbocycles. The van der Waals surface area contributed by atoms with Gasteiger partial charge in [-0.1, -0.05) is 0 Å². The molecule has 154 valence electrons. The number of aliphatic imine (C=N–C) groups is 1. The van der Waals surface area contributed by atoms with Crippen LogP contribution < -0.4 is 10.6 Å². The van der Waals surface area contributed by atoms with E-state index in [1.54, 1.807) is 0 Å². The van der Waals surface area contributed by atoms with Crippen molar-refractivity contribution in [3.05, 3.63) is 0 Å². The van der Waals surface area contributed by atoms with E-state index in [4.69, 9.17) is 14.5 Å². The minimum Gasteiger partial charge on any atom is -0.379 e. The summed E-state index contributed by atoms with van der Waals surface area (Å²) >= 11 is 0. The van der Waals surface area contributed by atoms with Gasteiger partial charge in [-0.15, -0.1) is 24.0 Å². The first-order valence-electron chi connectivity index (χ1n) is 9.79. The maximum Gasteiger partial charge on any atom is 0.191 e. The monoisotopic (exact) mass is 483 g/mol. The van der Waals surface area contributed by atoms with Gasteiger partial charge in [0.05, 0.1) is 19.3 Å². The highest BCUT2D eigenvalue weighted by Gasteiger charge is 2.21. The third-order valence-corrected chi connectivity index (χ3v) is 4.87. The van der Waals surface area contributed by atoms with Crippen LogP contribution in [-0.2, 0) is 9.47 Å². The standard InChI is InChI=1S/C18H37N5O2.HI/c1-4-19-18(21-13-16-14-22(2)9-10-23(16)3)20-8-6-11-24-15-17-7-5-12-25-17;/h16-17H,4-15H2,1-3H3,(H2,19,20,21);1H. The second kappa shape index (κ2) is 13.9. The van der Waals surface area contributed by atoms with E-state index in [1.807, 2.05) is 0 Å². The summed E-state index contributed by atoms with van der Waals surface area (Å²) in [6, 6.07) is 0.490. The molecule has 0 aromatic heterocycles. The fourth-order valence-electron chi connectivity index (χ4n) is 3.21. The van der Waals surface area contributed by atoms with Crippen molar-refractivity contribution in [3.8, 4) is 0 Å². The molecule has 2 aliphatic rings. The topological polar surface area (TPSA) is 61.4 Å². The van der Waals surface area contributed by atoms with Gasteiger partial charge in [-0.25, -0.2) is 0 Å². The van der Waals surface area contributed by atoms with Gasteiger partial charge in [0, 0.05) is 52.0 Å². The Hall–Kier alpha value is -0.160. The number of nitrogens with zero attached hydrogens (tertiary/aromatic N) is 3. The summed E-state index contributed by atoms with van der Waals surface area (Å²) in [5.74, 6) is 0.906. The predicted octanol–water partition coefficient (Wildman–Crippen LogP) is 0.991. The zero-order chi connectivity index (χ0) is 17.9. The third kappa shape index (κ3) is 9.16. The molecular formula is C18H38IN5O2. The molecule has 0 spiro atoms. The lowest BCUT2D eigenvalue weighted by molar-refractivity contribution is 0.0168. The fourth-order valence-corrected chi connectivity index (χ4v) is 3.21. The number of ether oxygens (including phenoxy) is 2. The Morgan fingerprint density at radius 2 is 2.12 bits per heavy atom. The Kier molecular flexibility index (Phi) is 12.8. The number of guanidine groups is 1. The van der Waals surface area contributed by atoms with Crippen molar-refractivity contribution in [1.82, 2.24) is 20.4 Å². The van der Waals surface area contributed by atoms with E-state index in [0.717, 1.165) is 77.9 Å². The average molecular weight is 483 g/mol. The van der Waals surface area contributed by atoms with Crippen molar-refractivity contribution in [1.29, 1.82) is 0 Å². The van der Waals surface area contributed by atoms with E-state index >= 15 is 0 Å². The van der Waals surface area contributed by atoms with E-state index in [1.165, 1.54) is 6.42 Å². The Morgan fingerprint density at radius 1 is 1.27 bits per heavy atom. The molecule has 0 amide bonds. The summed E-state index contributed by atoms with van der Waals surface area (Å²) in [5.41, 5.74) is 0. The molecule has 0 bridgehead atoms. The molecule has 26 heavy (non-hydrogen) atoms. The van der Waals surface area contributed by atoms with Crippen LogP contribution in [0.25, 0.3) is 0 Å². The largest absolute Gasteiger partial charge is 0.379 e. The highest BCUT2D eigenvalue weighted by atomic mass is 127. The number of hydrogen-bond donors (Lipinski definition) is 2. The van der Waals surface area contributed by atoms with Crippen LogP contribution in [0.5, 0.6) is 0 Å². The maximum absolute atomic E-state index is 5.70. The molecular weight excluding hydrogens is 445 g/mol. The third-order valence-electron chi connectivity index (χ3n) is 4.87. The van der Waals surface area contributed by atoms with Crippen LogP contribution in [0.1, 0.15) is 26.2 Å². The first-order chi connectivity index (χ1) is 12.2. The Balaban J connectivity index is 0.00000338. The molecule has 2 saturated heterocycles. The van der Waals surface area contributed by atoms with Crippen molar-refractivity contribution in [2.45, 2.75) is 38.3 Å². The van der Waals surface area contributed by atoms with Gasteiger partial charge >= 0.3 is 0 Å². The van der Waals surface area contributed by atoms with Crippen LogP contribution in [0.4, 0.5) is 0 Å². The lowest BCUT2D eigenvalue weighted by atomic mass is 10.2. The number of piperazine rings is 1. The number of hydrogen-bond acceptors (Lipinski definition) is 5. The SMILES string of the molecule is CCNC(=NCC1CN(C)CCN1C)NCCCOCC1CCCO1.I. The van der Waals surface area contributed by atoms with E-state index in [-0.39, 0.29) is 24.0 Å². The molecule has 0 aliphatic carbocycles. The molecule has 2 rings (SSSR count). The van der Waals surface area contributed by atoms with E-state index in [0.29, 0.717) is 12.1 Å². The Morgan fingerprint density at radius 3 is 2.85 bits per heavy atom. The zero-order valence-corrected chi connectivity index (χ0v) is 19.0. The van der Waals surface area contributed by atoms with Gasteiger partial charge < -0.3 is 25.0 Å². The Bertz CT molecular complexity index is 394. The highest BCUT2D eigenvalue weighted by molar-refractivity contribution is 14.0. The first kappa shape index (κ1) is 23.9. The summed E-state index contributed by atoms with van der Waals surface area (Å²) < 4.78 is 11.3. The molecule has 2 N–H and O–H groups in total. The van der Waals surface area contributed by atoms with Gasteiger partial charge in [-0.3, -0.25) is 9.89 Å². The zero-order valence-electron chi connectivity index (χ0n) is 16.7. The normalized spacial score (nSPS) is 25.1. The minimum absolute atomic E-state index is 0. The first-order valence-corrected chi connectivity index (χ1v) is 9.79. The van der Waals surface area contributed by atoms with E-state index in [9.17, 15) is 0 Å². The quantitative estimate of drug-likeness (QED) is 0.221. The minimum atomic E-state index is 0. The second-order valence-electron chi connectivity index (χ2n) is 7.11. The molecule has 2 fully saturated rings. The maximum atomic E-state index is 5.70. The number of nitrogens with one attached hydrogen (secondary N) is 2. The van der Waals surface area contributed by atoms with Crippen molar-refractivity contribution in [2.24, 2.45) is 4.99 Å². The Labute approximate surface area is 176 Å².